The Labute approximate surface area is 391 Å². The Kier molecular flexibility index (Phi) is 10.1. The van der Waals surface area contributed by atoms with Gasteiger partial charge < -0.3 is 9.13 Å². The summed E-state index contributed by atoms with van der Waals surface area (Å²) < 4.78 is 4.94. The second kappa shape index (κ2) is 16.9. The van der Waals surface area contributed by atoms with E-state index in [9.17, 15) is 0 Å². The van der Waals surface area contributed by atoms with Crippen LogP contribution >= 0.6 is 0 Å². The fourth-order valence-corrected chi connectivity index (χ4v) is 10.5. The van der Waals surface area contributed by atoms with Crippen molar-refractivity contribution in [3.05, 3.63) is 241 Å². The summed E-state index contributed by atoms with van der Waals surface area (Å²) in [5.41, 5.74) is 18.5. The van der Waals surface area contributed by atoms with E-state index >= 15 is 0 Å². The van der Waals surface area contributed by atoms with Crippen LogP contribution in [0.25, 0.3) is 99.8 Å². The molecule has 3 heterocycles. The zero-order valence-corrected chi connectivity index (χ0v) is 37.6. The average Bonchev–Trinajstić information content (AvgIpc) is 3.91. The van der Waals surface area contributed by atoms with Crippen LogP contribution in [0.5, 0.6) is 0 Å². The number of rotatable bonds is 10. The first-order valence-electron chi connectivity index (χ1n) is 23.4. The van der Waals surface area contributed by atoms with E-state index < -0.39 is 0 Å². The molecule has 0 saturated heterocycles. The molecule has 0 fully saturated rings. The largest absolute Gasteiger partial charge is 0.309 e. The summed E-state index contributed by atoms with van der Waals surface area (Å²) in [6.07, 6.45) is 1.55. The Morgan fingerprint density at radius 1 is 0.403 bits per heavy atom. The molecule has 1 atom stereocenters. The van der Waals surface area contributed by atoms with Crippen molar-refractivity contribution in [1.29, 1.82) is 0 Å². The molecule has 0 spiro atoms. The highest BCUT2D eigenvalue weighted by atomic mass is 15.0. The van der Waals surface area contributed by atoms with E-state index in [2.05, 4.69) is 247 Å². The molecule has 9 aromatic carbocycles. The van der Waals surface area contributed by atoms with Gasteiger partial charge in [-0.05, 0) is 101 Å². The number of nitrogens with zero attached hydrogens (tertiary/aromatic N) is 4. The van der Waals surface area contributed by atoms with Crippen molar-refractivity contribution in [2.24, 2.45) is 0 Å². The minimum atomic E-state index is 0.0706. The van der Waals surface area contributed by atoms with E-state index in [0.717, 1.165) is 46.1 Å². The molecule has 4 nitrogen and oxygen atoms in total. The highest BCUT2D eigenvalue weighted by Crippen LogP contribution is 2.45. The van der Waals surface area contributed by atoms with E-state index in [0.29, 0.717) is 6.42 Å². The molecule has 0 saturated carbocycles. The van der Waals surface area contributed by atoms with Gasteiger partial charge in [0.1, 0.15) is 5.82 Å². The fourth-order valence-electron chi connectivity index (χ4n) is 10.5. The Balaban J connectivity index is 1.08. The summed E-state index contributed by atoms with van der Waals surface area (Å²) in [5, 5.41) is 4.96. The highest BCUT2D eigenvalue weighted by Gasteiger charge is 2.27. The lowest BCUT2D eigenvalue weighted by molar-refractivity contribution is 0.641. The van der Waals surface area contributed by atoms with Crippen LogP contribution in [0.3, 0.4) is 0 Å². The number of hydrogen-bond donors (Lipinski definition) is 0. The van der Waals surface area contributed by atoms with E-state index in [4.69, 9.17) is 9.97 Å². The minimum Gasteiger partial charge on any atom is -0.309 e. The smallest absolute Gasteiger partial charge is 0.130 e. The zero-order valence-electron chi connectivity index (χ0n) is 37.6. The predicted molar refractivity (Wildman–Crippen MR) is 280 cm³/mol. The van der Waals surface area contributed by atoms with Crippen LogP contribution < -0.4 is 0 Å². The quantitative estimate of drug-likeness (QED) is 0.137. The van der Waals surface area contributed by atoms with Gasteiger partial charge in [0.2, 0.25) is 0 Å². The fraction of sp³-hybridized carbons (Fsp3) is 0.0794. The Morgan fingerprint density at radius 2 is 0.940 bits per heavy atom. The molecule has 0 radical (unpaired) electrons. The maximum absolute atomic E-state index is 5.44. The van der Waals surface area contributed by atoms with E-state index in [1.165, 1.54) is 77.0 Å². The molecule has 0 aliphatic carbocycles. The van der Waals surface area contributed by atoms with Crippen molar-refractivity contribution in [2.75, 3.05) is 0 Å². The Bertz CT molecular complexity index is 3700. The first kappa shape index (κ1) is 40.2. The van der Waals surface area contributed by atoms with Gasteiger partial charge in [0.15, 0.2) is 0 Å². The first-order chi connectivity index (χ1) is 33.1. The van der Waals surface area contributed by atoms with Crippen molar-refractivity contribution < 1.29 is 0 Å². The Morgan fingerprint density at radius 3 is 1.60 bits per heavy atom. The van der Waals surface area contributed by atoms with Crippen LogP contribution in [0, 0.1) is 6.92 Å². The third-order valence-corrected chi connectivity index (χ3v) is 13.7. The third-order valence-electron chi connectivity index (χ3n) is 13.7. The van der Waals surface area contributed by atoms with Crippen LogP contribution in [0.1, 0.15) is 36.2 Å². The molecular formula is C63H48N4. The predicted octanol–water partition coefficient (Wildman–Crippen LogP) is 16.4. The van der Waals surface area contributed by atoms with Gasteiger partial charge in [-0.1, -0.05) is 183 Å². The molecule has 1 unspecified atom stereocenters. The monoisotopic (exact) mass is 860 g/mol. The van der Waals surface area contributed by atoms with Gasteiger partial charge in [-0.25, -0.2) is 9.97 Å². The third kappa shape index (κ3) is 7.10. The van der Waals surface area contributed by atoms with Crippen molar-refractivity contribution >= 4 is 43.6 Å². The van der Waals surface area contributed by atoms with Crippen molar-refractivity contribution in [3.8, 4) is 56.1 Å². The maximum atomic E-state index is 5.44. The van der Waals surface area contributed by atoms with Gasteiger partial charge in [-0.3, -0.25) is 0 Å². The van der Waals surface area contributed by atoms with Crippen LogP contribution in [0.15, 0.2) is 224 Å². The molecule has 0 bridgehead atoms. The van der Waals surface area contributed by atoms with Crippen molar-refractivity contribution in [3.63, 3.8) is 0 Å². The molecule has 0 amide bonds. The highest BCUT2D eigenvalue weighted by molar-refractivity contribution is 6.14. The van der Waals surface area contributed by atoms with Gasteiger partial charge >= 0.3 is 0 Å². The molecule has 0 N–H and O–H groups in total. The molecule has 0 aliphatic rings. The maximum Gasteiger partial charge on any atom is 0.130 e. The number of fused-ring (bicyclic) bond motifs is 6. The van der Waals surface area contributed by atoms with E-state index in [-0.39, 0.29) is 5.92 Å². The van der Waals surface area contributed by atoms with Crippen LogP contribution in [0.4, 0.5) is 0 Å². The molecule has 4 heteroatoms. The zero-order chi connectivity index (χ0) is 44.8. The lowest BCUT2D eigenvalue weighted by Gasteiger charge is -2.23. The average molecular weight is 861 g/mol. The van der Waals surface area contributed by atoms with Gasteiger partial charge in [-0.2, -0.15) is 0 Å². The molecule has 320 valence electrons. The van der Waals surface area contributed by atoms with Gasteiger partial charge in [0.05, 0.1) is 33.5 Å². The van der Waals surface area contributed by atoms with Gasteiger partial charge in [0.25, 0.3) is 0 Å². The summed E-state index contributed by atoms with van der Waals surface area (Å²) >= 11 is 0. The van der Waals surface area contributed by atoms with Crippen molar-refractivity contribution in [2.45, 2.75) is 32.6 Å². The van der Waals surface area contributed by atoms with E-state index in [1.54, 1.807) is 0 Å². The second-order valence-electron chi connectivity index (χ2n) is 17.7. The summed E-state index contributed by atoms with van der Waals surface area (Å²) in [7, 11) is 0. The molecule has 67 heavy (non-hydrogen) atoms. The van der Waals surface area contributed by atoms with Crippen LogP contribution in [-0.2, 0) is 6.42 Å². The number of hydrogen-bond acceptors (Lipinski definition) is 2. The molecule has 3 aromatic heterocycles. The Hall–Kier alpha value is -8.34. The minimum absolute atomic E-state index is 0.0706. The van der Waals surface area contributed by atoms with Gasteiger partial charge in [0, 0.05) is 50.5 Å². The second-order valence-corrected chi connectivity index (χ2v) is 17.7. The number of aryl methyl sites for hydroxylation is 1. The molecular weight excluding hydrogens is 813 g/mol. The summed E-state index contributed by atoms with van der Waals surface area (Å²) in [5.74, 6) is 0.903. The lowest BCUT2D eigenvalue weighted by Crippen LogP contribution is -2.10. The van der Waals surface area contributed by atoms with Crippen molar-refractivity contribution in [1.82, 2.24) is 19.1 Å². The molecule has 12 aromatic rings. The molecule has 12 rings (SSSR count). The number of benzene rings is 9. The van der Waals surface area contributed by atoms with Crippen LogP contribution in [0.2, 0.25) is 0 Å². The molecule has 0 aliphatic heterocycles. The summed E-state index contributed by atoms with van der Waals surface area (Å²) in [4.78, 5) is 10.8. The van der Waals surface area contributed by atoms with E-state index in [1.807, 2.05) is 0 Å². The topological polar surface area (TPSA) is 35.6 Å². The standard InChI is InChI=1S/C63H48N4/c1-3-43(39-61-64-56(46-22-9-5-10-23-46)41-57(65-61)47-33-31-45(32-34-47)44-20-7-4-8-21-44)62-53(50-26-14-13-19-42(50)2)36-37-54-55-40-49(35-38-60(55)67(63(54)62)48-24-11-6-12-25-48)66-58-29-17-15-27-51(58)52-28-16-18-30-59(52)66/h4-38,40-41,43H,3,39H2,1-2H3. The SMILES string of the molecule is CCC(Cc1nc(-c2ccccc2)cc(-c2ccc(-c3ccccc3)cc2)n1)c1c(-c2ccccc2C)ccc2c3cc(-n4c5ccccc5c5ccccc54)ccc3n(-c3ccccc3)c12. The summed E-state index contributed by atoms with van der Waals surface area (Å²) in [6.45, 7) is 4.56. The number of aromatic nitrogens is 4. The summed E-state index contributed by atoms with van der Waals surface area (Å²) in [6, 6.07) is 81.1. The van der Waals surface area contributed by atoms with Gasteiger partial charge in [-0.15, -0.1) is 0 Å². The normalized spacial score (nSPS) is 12.1. The first-order valence-corrected chi connectivity index (χ1v) is 23.4. The van der Waals surface area contributed by atoms with Crippen LogP contribution in [-0.4, -0.2) is 19.1 Å². The number of para-hydroxylation sites is 3. The lowest BCUT2D eigenvalue weighted by atomic mass is 9.83.